The molecule has 1 aliphatic heterocycles. The zero-order chi connectivity index (χ0) is 25.9. The highest BCUT2D eigenvalue weighted by atomic mass is 19.1. The number of amides is 2. The summed E-state index contributed by atoms with van der Waals surface area (Å²) in [7, 11) is 1.54. The van der Waals surface area contributed by atoms with Gasteiger partial charge in [0, 0.05) is 44.5 Å². The quantitative estimate of drug-likeness (QED) is 0.430. The smallest absolute Gasteiger partial charge is 0.411 e. The standard InChI is InChI=1S/C28H27F3N2O3/c1-18(19-3-5-20(6-4-19)24-12-11-23(30)17-25(24)31)33-16-15-28(36-27(33)35,14-13-26(34)32-2)21-7-9-22(29)10-8-21/h3-12,17-18H,13-16H2,1-2H3,(H,32,34)/t18-,28?/m0/s1. The number of halogens is 3. The normalized spacial score (nSPS) is 18.5. The average molecular weight is 497 g/mol. The highest BCUT2D eigenvalue weighted by Gasteiger charge is 2.43. The third-order valence-electron chi connectivity index (χ3n) is 6.78. The van der Waals surface area contributed by atoms with Gasteiger partial charge in [-0.2, -0.15) is 0 Å². The summed E-state index contributed by atoms with van der Waals surface area (Å²) in [5, 5.41) is 2.57. The van der Waals surface area contributed by atoms with E-state index in [4.69, 9.17) is 4.74 Å². The lowest BCUT2D eigenvalue weighted by molar-refractivity contribution is -0.123. The molecule has 0 aromatic heterocycles. The first-order valence-corrected chi connectivity index (χ1v) is 11.7. The Morgan fingerprint density at radius 3 is 2.31 bits per heavy atom. The predicted octanol–water partition coefficient (Wildman–Crippen LogP) is 6.10. The summed E-state index contributed by atoms with van der Waals surface area (Å²) in [6.45, 7) is 2.23. The van der Waals surface area contributed by atoms with Crippen molar-refractivity contribution in [3.05, 3.63) is 95.3 Å². The Morgan fingerprint density at radius 2 is 1.69 bits per heavy atom. The Balaban J connectivity index is 1.52. The maximum absolute atomic E-state index is 14.2. The molecule has 2 atom stereocenters. The van der Waals surface area contributed by atoms with E-state index in [2.05, 4.69) is 5.32 Å². The van der Waals surface area contributed by atoms with E-state index in [1.807, 2.05) is 6.92 Å². The molecule has 0 bridgehead atoms. The average Bonchev–Trinajstić information content (AvgIpc) is 2.87. The SMILES string of the molecule is CNC(=O)CCC1(c2ccc(F)cc2)CCN([C@@H](C)c2ccc(-c3ccc(F)cc3F)cc2)C(=O)O1. The zero-order valence-corrected chi connectivity index (χ0v) is 20.1. The largest absolute Gasteiger partial charge is 0.438 e. The molecule has 0 spiro atoms. The molecule has 1 N–H and O–H groups in total. The molecule has 1 unspecified atom stereocenters. The van der Waals surface area contributed by atoms with Crippen LogP contribution in [-0.4, -0.2) is 30.5 Å². The van der Waals surface area contributed by atoms with Crippen LogP contribution in [0.25, 0.3) is 11.1 Å². The highest BCUT2D eigenvalue weighted by Crippen LogP contribution is 2.40. The van der Waals surface area contributed by atoms with Crippen molar-refractivity contribution in [2.24, 2.45) is 0 Å². The van der Waals surface area contributed by atoms with Gasteiger partial charge in [-0.15, -0.1) is 0 Å². The summed E-state index contributed by atoms with van der Waals surface area (Å²) in [5.41, 5.74) is 1.29. The van der Waals surface area contributed by atoms with Crippen LogP contribution in [0, 0.1) is 17.5 Å². The van der Waals surface area contributed by atoms with Crippen LogP contribution in [0.1, 0.15) is 43.4 Å². The molecule has 36 heavy (non-hydrogen) atoms. The van der Waals surface area contributed by atoms with Crippen molar-refractivity contribution in [2.75, 3.05) is 13.6 Å². The Labute approximate surface area is 207 Å². The lowest BCUT2D eigenvalue weighted by Gasteiger charge is -2.43. The monoisotopic (exact) mass is 496 g/mol. The first kappa shape index (κ1) is 25.3. The fraction of sp³-hybridized carbons (Fsp3) is 0.286. The fourth-order valence-corrected chi connectivity index (χ4v) is 4.58. The summed E-state index contributed by atoms with van der Waals surface area (Å²) < 4.78 is 46.9. The topological polar surface area (TPSA) is 58.6 Å². The fourth-order valence-electron chi connectivity index (χ4n) is 4.58. The molecule has 1 heterocycles. The summed E-state index contributed by atoms with van der Waals surface area (Å²) in [6.07, 6.45) is 0.302. The molecule has 3 aromatic carbocycles. The number of carbonyl (C=O) groups excluding carboxylic acids is 2. The summed E-state index contributed by atoms with van der Waals surface area (Å²) in [5.74, 6) is -1.87. The van der Waals surface area contributed by atoms with Gasteiger partial charge in [0.1, 0.15) is 23.1 Å². The molecule has 1 aliphatic rings. The maximum atomic E-state index is 14.2. The van der Waals surface area contributed by atoms with Gasteiger partial charge in [0.2, 0.25) is 5.91 Å². The van der Waals surface area contributed by atoms with Gasteiger partial charge < -0.3 is 15.0 Å². The minimum Gasteiger partial charge on any atom is -0.438 e. The molecule has 1 saturated heterocycles. The Morgan fingerprint density at radius 1 is 1.03 bits per heavy atom. The molecular formula is C28H27F3N2O3. The summed E-state index contributed by atoms with van der Waals surface area (Å²) in [6, 6.07) is 15.9. The molecule has 3 aromatic rings. The molecular weight excluding hydrogens is 469 g/mol. The molecule has 0 aliphatic carbocycles. The van der Waals surface area contributed by atoms with Gasteiger partial charge in [0.15, 0.2) is 0 Å². The van der Waals surface area contributed by atoms with Crippen molar-refractivity contribution in [1.29, 1.82) is 0 Å². The van der Waals surface area contributed by atoms with Crippen LogP contribution in [-0.2, 0) is 15.1 Å². The van der Waals surface area contributed by atoms with Crippen molar-refractivity contribution in [2.45, 2.75) is 37.8 Å². The number of hydrogen-bond donors (Lipinski definition) is 1. The lowest BCUT2D eigenvalue weighted by atomic mass is 9.84. The van der Waals surface area contributed by atoms with Crippen LogP contribution < -0.4 is 5.32 Å². The molecule has 1 fully saturated rings. The van der Waals surface area contributed by atoms with E-state index < -0.39 is 29.1 Å². The number of hydrogen-bond acceptors (Lipinski definition) is 3. The first-order valence-electron chi connectivity index (χ1n) is 11.7. The van der Waals surface area contributed by atoms with Gasteiger partial charge in [-0.25, -0.2) is 18.0 Å². The number of rotatable bonds is 7. The van der Waals surface area contributed by atoms with Gasteiger partial charge in [-0.1, -0.05) is 36.4 Å². The van der Waals surface area contributed by atoms with Gasteiger partial charge in [0.05, 0.1) is 6.04 Å². The third-order valence-corrected chi connectivity index (χ3v) is 6.78. The second kappa shape index (κ2) is 10.4. The molecule has 5 nitrogen and oxygen atoms in total. The predicted molar refractivity (Wildman–Crippen MR) is 129 cm³/mol. The zero-order valence-electron chi connectivity index (χ0n) is 20.1. The van der Waals surface area contributed by atoms with Gasteiger partial charge >= 0.3 is 6.09 Å². The second-order valence-electron chi connectivity index (χ2n) is 8.91. The van der Waals surface area contributed by atoms with Gasteiger partial charge in [-0.3, -0.25) is 4.79 Å². The van der Waals surface area contributed by atoms with E-state index in [1.54, 1.807) is 48.3 Å². The minimum absolute atomic E-state index is 0.151. The molecule has 4 rings (SSSR count). The van der Waals surface area contributed by atoms with Crippen molar-refractivity contribution >= 4 is 12.0 Å². The third kappa shape index (κ3) is 5.22. The van der Waals surface area contributed by atoms with Crippen LogP contribution in [0.4, 0.5) is 18.0 Å². The Kier molecular flexibility index (Phi) is 7.33. The number of nitrogens with zero attached hydrogens (tertiary/aromatic N) is 1. The van der Waals surface area contributed by atoms with Crippen LogP contribution in [0.3, 0.4) is 0 Å². The molecule has 8 heteroatoms. The van der Waals surface area contributed by atoms with Crippen LogP contribution in [0.5, 0.6) is 0 Å². The van der Waals surface area contributed by atoms with E-state index in [0.29, 0.717) is 24.1 Å². The van der Waals surface area contributed by atoms with Gasteiger partial charge in [0.25, 0.3) is 0 Å². The molecule has 188 valence electrons. The van der Waals surface area contributed by atoms with Crippen LogP contribution in [0.2, 0.25) is 0 Å². The van der Waals surface area contributed by atoms with E-state index in [1.165, 1.54) is 24.3 Å². The van der Waals surface area contributed by atoms with Crippen molar-refractivity contribution in [3.63, 3.8) is 0 Å². The van der Waals surface area contributed by atoms with E-state index >= 15 is 0 Å². The minimum atomic E-state index is -1.04. The highest BCUT2D eigenvalue weighted by molar-refractivity contribution is 5.76. The first-order chi connectivity index (χ1) is 17.2. The maximum Gasteiger partial charge on any atom is 0.411 e. The summed E-state index contributed by atoms with van der Waals surface area (Å²) >= 11 is 0. The second-order valence-corrected chi connectivity index (χ2v) is 8.91. The van der Waals surface area contributed by atoms with Crippen molar-refractivity contribution < 1.29 is 27.5 Å². The number of cyclic esters (lactones) is 1. The molecule has 2 amide bonds. The lowest BCUT2D eigenvalue weighted by Crippen LogP contribution is -2.49. The van der Waals surface area contributed by atoms with Crippen molar-refractivity contribution in [3.8, 4) is 11.1 Å². The van der Waals surface area contributed by atoms with E-state index in [-0.39, 0.29) is 30.4 Å². The molecule has 0 saturated carbocycles. The Hall–Kier alpha value is -3.81. The van der Waals surface area contributed by atoms with E-state index in [0.717, 1.165) is 11.6 Å². The van der Waals surface area contributed by atoms with Crippen molar-refractivity contribution in [1.82, 2.24) is 10.2 Å². The molecule has 0 radical (unpaired) electrons. The number of carbonyl (C=O) groups is 2. The number of benzene rings is 3. The van der Waals surface area contributed by atoms with Gasteiger partial charge in [-0.05, 0) is 47.9 Å². The number of nitrogens with one attached hydrogen (secondary N) is 1. The van der Waals surface area contributed by atoms with Crippen LogP contribution >= 0.6 is 0 Å². The van der Waals surface area contributed by atoms with Crippen LogP contribution in [0.15, 0.2) is 66.7 Å². The Bertz CT molecular complexity index is 1250. The summed E-state index contributed by atoms with van der Waals surface area (Å²) in [4.78, 5) is 26.7. The van der Waals surface area contributed by atoms with E-state index in [9.17, 15) is 22.8 Å². The number of ether oxygens (including phenoxy) is 1.